The minimum atomic E-state index is 0.481. The van der Waals surface area contributed by atoms with Gasteiger partial charge in [0.2, 0.25) is 0 Å². The summed E-state index contributed by atoms with van der Waals surface area (Å²) in [5.74, 6) is 0. The molecule has 10 heavy (non-hydrogen) atoms. The summed E-state index contributed by atoms with van der Waals surface area (Å²) in [6.07, 6.45) is 11.5. The molecule has 52 valence electrons. The van der Waals surface area contributed by atoms with Crippen LogP contribution >= 0.6 is 0 Å². The Labute approximate surface area is 60.3 Å². The van der Waals surface area contributed by atoms with E-state index in [1.807, 2.05) is 6.20 Å². The fourth-order valence-corrected chi connectivity index (χ4v) is 1.25. The molecule has 1 aliphatic heterocycles. The number of rotatable bonds is 0. The van der Waals surface area contributed by atoms with Gasteiger partial charge in [-0.1, -0.05) is 18.2 Å². The van der Waals surface area contributed by atoms with E-state index in [-0.39, 0.29) is 0 Å². The van der Waals surface area contributed by atoms with E-state index in [0.717, 1.165) is 6.42 Å². The van der Waals surface area contributed by atoms with Gasteiger partial charge in [0.15, 0.2) is 0 Å². The normalized spacial score (nSPS) is 28.8. The second-order valence-corrected chi connectivity index (χ2v) is 2.51. The second kappa shape index (κ2) is 2.31. The van der Waals surface area contributed by atoms with Crippen LogP contribution in [0.15, 0.2) is 36.1 Å². The zero-order valence-corrected chi connectivity index (χ0v) is 5.67. The molecule has 1 aliphatic carbocycles. The summed E-state index contributed by atoms with van der Waals surface area (Å²) < 4.78 is 0. The minimum absolute atomic E-state index is 0.481. The molecule has 0 bridgehead atoms. The van der Waals surface area contributed by atoms with Crippen molar-refractivity contribution in [3.63, 3.8) is 0 Å². The van der Waals surface area contributed by atoms with E-state index < -0.39 is 0 Å². The molecule has 2 nitrogen and oxygen atoms in total. The average Bonchev–Trinajstić information content (AvgIpc) is 2.05. The number of hydrogen-bond acceptors (Lipinski definition) is 2. The molecule has 0 amide bonds. The molecule has 0 aromatic rings. The number of fused-ring (bicyclic) bond motifs is 1. The highest BCUT2D eigenvalue weighted by Crippen LogP contribution is 2.15. The Bertz CT molecular complexity index is 213. The van der Waals surface area contributed by atoms with Gasteiger partial charge in [-0.2, -0.15) is 0 Å². The Hall–Kier alpha value is -1.02. The monoisotopic (exact) mass is 134 g/mol. The van der Waals surface area contributed by atoms with Gasteiger partial charge in [0, 0.05) is 6.20 Å². The maximum Gasteiger partial charge on any atom is 0.0544 e. The van der Waals surface area contributed by atoms with Gasteiger partial charge in [0.25, 0.3) is 0 Å². The maximum atomic E-state index is 3.16. The van der Waals surface area contributed by atoms with E-state index >= 15 is 0 Å². The summed E-state index contributed by atoms with van der Waals surface area (Å²) >= 11 is 0. The van der Waals surface area contributed by atoms with Crippen LogP contribution in [-0.4, -0.2) is 6.04 Å². The molecule has 0 aromatic heterocycles. The van der Waals surface area contributed by atoms with E-state index in [0.29, 0.717) is 6.04 Å². The van der Waals surface area contributed by atoms with Crippen LogP contribution in [0.3, 0.4) is 0 Å². The van der Waals surface area contributed by atoms with Gasteiger partial charge in [0.1, 0.15) is 0 Å². The van der Waals surface area contributed by atoms with Crippen molar-refractivity contribution in [3.8, 4) is 0 Å². The Kier molecular flexibility index (Phi) is 1.32. The number of allylic oxidation sites excluding steroid dienone is 2. The van der Waals surface area contributed by atoms with Crippen molar-refractivity contribution in [2.45, 2.75) is 12.5 Å². The van der Waals surface area contributed by atoms with Crippen LogP contribution in [0, 0.1) is 0 Å². The van der Waals surface area contributed by atoms with Gasteiger partial charge in [-0.25, -0.2) is 5.43 Å². The summed E-state index contributed by atoms with van der Waals surface area (Å²) in [6, 6.07) is 0.481. The lowest BCUT2D eigenvalue weighted by atomic mass is 9.99. The van der Waals surface area contributed by atoms with Crippen molar-refractivity contribution in [3.05, 3.63) is 36.1 Å². The van der Waals surface area contributed by atoms with E-state index in [1.165, 1.54) is 5.57 Å². The Balaban J connectivity index is 2.27. The Morgan fingerprint density at radius 3 is 3.40 bits per heavy atom. The molecule has 1 unspecified atom stereocenters. The molecule has 1 atom stereocenters. The van der Waals surface area contributed by atoms with Gasteiger partial charge in [-0.3, -0.25) is 0 Å². The van der Waals surface area contributed by atoms with E-state index in [2.05, 4.69) is 35.2 Å². The minimum Gasteiger partial charge on any atom is -0.328 e. The Morgan fingerprint density at radius 1 is 1.50 bits per heavy atom. The van der Waals surface area contributed by atoms with Crippen molar-refractivity contribution in [2.24, 2.45) is 0 Å². The molecule has 2 rings (SSSR count). The molecule has 2 N–H and O–H groups in total. The lowest BCUT2D eigenvalue weighted by Gasteiger charge is -2.24. The Morgan fingerprint density at radius 2 is 2.50 bits per heavy atom. The molecular formula is C8H10N2. The molecule has 0 saturated carbocycles. The number of hydrogen-bond donors (Lipinski definition) is 2. The first kappa shape index (κ1) is 5.74. The smallest absolute Gasteiger partial charge is 0.0544 e. The summed E-state index contributed by atoms with van der Waals surface area (Å²) in [5.41, 5.74) is 7.51. The zero-order chi connectivity index (χ0) is 6.81. The number of nitrogens with one attached hydrogen (secondary N) is 2. The highest BCUT2D eigenvalue weighted by atomic mass is 15.4. The molecule has 0 spiro atoms. The number of hydrazine groups is 1. The highest BCUT2D eigenvalue weighted by Gasteiger charge is 2.13. The molecule has 1 heterocycles. The molecule has 0 aromatic carbocycles. The van der Waals surface area contributed by atoms with Crippen LogP contribution in [-0.2, 0) is 0 Å². The summed E-state index contributed by atoms with van der Waals surface area (Å²) in [6.45, 7) is 0. The first-order valence-corrected chi connectivity index (χ1v) is 3.51. The average molecular weight is 134 g/mol. The lowest BCUT2D eigenvalue weighted by molar-refractivity contribution is 0.516. The third-order valence-electron chi connectivity index (χ3n) is 1.82. The lowest BCUT2D eigenvalue weighted by Crippen LogP contribution is -2.41. The largest absolute Gasteiger partial charge is 0.328 e. The third kappa shape index (κ3) is 0.866. The van der Waals surface area contributed by atoms with Gasteiger partial charge < -0.3 is 5.43 Å². The standard InChI is InChI=1S/C8H10N2/c1-2-4-8-7(3-1)5-6-9-10-8/h1-3,5-6,8-10H,4H2. The van der Waals surface area contributed by atoms with Crippen molar-refractivity contribution in [1.82, 2.24) is 10.9 Å². The SMILES string of the molecule is C1=CCC2NNC=CC2=C1. The molecular weight excluding hydrogens is 124 g/mol. The summed E-state index contributed by atoms with van der Waals surface area (Å²) in [7, 11) is 0. The molecule has 0 saturated heterocycles. The van der Waals surface area contributed by atoms with Crippen LogP contribution in [0.5, 0.6) is 0 Å². The summed E-state index contributed by atoms with van der Waals surface area (Å²) in [4.78, 5) is 0. The van der Waals surface area contributed by atoms with Gasteiger partial charge in [-0.05, 0) is 18.1 Å². The van der Waals surface area contributed by atoms with Gasteiger partial charge >= 0.3 is 0 Å². The zero-order valence-electron chi connectivity index (χ0n) is 5.67. The van der Waals surface area contributed by atoms with Crippen LogP contribution < -0.4 is 10.9 Å². The van der Waals surface area contributed by atoms with Crippen LogP contribution in [0.4, 0.5) is 0 Å². The quantitative estimate of drug-likeness (QED) is 0.513. The first-order valence-electron chi connectivity index (χ1n) is 3.51. The van der Waals surface area contributed by atoms with E-state index in [1.54, 1.807) is 0 Å². The topological polar surface area (TPSA) is 24.1 Å². The predicted molar refractivity (Wildman–Crippen MR) is 41.0 cm³/mol. The molecule has 2 heteroatoms. The fourth-order valence-electron chi connectivity index (χ4n) is 1.25. The van der Waals surface area contributed by atoms with Crippen molar-refractivity contribution in [2.75, 3.05) is 0 Å². The van der Waals surface area contributed by atoms with E-state index in [9.17, 15) is 0 Å². The first-order chi connectivity index (χ1) is 4.97. The van der Waals surface area contributed by atoms with Crippen LogP contribution in [0.25, 0.3) is 0 Å². The third-order valence-corrected chi connectivity index (χ3v) is 1.82. The van der Waals surface area contributed by atoms with Crippen LogP contribution in [0.1, 0.15) is 6.42 Å². The van der Waals surface area contributed by atoms with Crippen LogP contribution in [0.2, 0.25) is 0 Å². The maximum absolute atomic E-state index is 3.16. The van der Waals surface area contributed by atoms with Crippen molar-refractivity contribution in [1.29, 1.82) is 0 Å². The molecule has 0 fully saturated rings. The van der Waals surface area contributed by atoms with Crippen molar-refractivity contribution < 1.29 is 0 Å². The van der Waals surface area contributed by atoms with Crippen molar-refractivity contribution >= 4 is 0 Å². The molecule has 0 radical (unpaired) electrons. The van der Waals surface area contributed by atoms with Gasteiger partial charge in [0.05, 0.1) is 6.04 Å². The highest BCUT2D eigenvalue weighted by molar-refractivity contribution is 5.33. The molecule has 2 aliphatic rings. The summed E-state index contributed by atoms with van der Waals surface area (Å²) in [5, 5.41) is 0. The second-order valence-electron chi connectivity index (χ2n) is 2.51. The van der Waals surface area contributed by atoms with E-state index in [4.69, 9.17) is 0 Å². The predicted octanol–water partition coefficient (Wildman–Crippen LogP) is 0.863. The fraction of sp³-hybridized carbons (Fsp3) is 0.250. The van der Waals surface area contributed by atoms with Gasteiger partial charge in [-0.15, -0.1) is 0 Å².